The summed E-state index contributed by atoms with van der Waals surface area (Å²) in [5.41, 5.74) is 1.02. The first-order valence-corrected chi connectivity index (χ1v) is 9.00. The first-order chi connectivity index (χ1) is 11.3. The summed E-state index contributed by atoms with van der Waals surface area (Å²) < 4.78 is 12.2. The van der Waals surface area contributed by atoms with Gasteiger partial charge in [-0.3, -0.25) is 4.79 Å². The molecule has 23 heavy (non-hydrogen) atoms. The molecule has 0 radical (unpaired) electrons. The number of aromatic nitrogens is 1. The Morgan fingerprint density at radius 1 is 1.26 bits per heavy atom. The van der Waals surface area contributed by atoms with Crippen LogP contribution in [0, 0.1) is 0 Å². The average molecular weight is 332 g/mol. The quantitative estimate of drug-likeness (QED) is 0.848. The molecule has 1 amide bonds. The van der Waals surface area contributed by atoms with Gasteiger partial charge in [-0.15, -0.1) is 11.3 Å². The van der Waals surface area contributed by atoms with Gasteiger partial charge in [0.1, 0.15) is 5.01 Å². The van der Waals surface area contributed by atoms with Crippen molar-refractivity contribution < 1.29 is 14.3 Å². The summed E-state index contributed by atoms with van der Waals surface area (Å²) in [5, 5.41) is 1.04. The van der Waals surface area contributed by atoms with Crippen molar-refractivity contribution in [2.75, 3.05) is 26.4 Å². The predicted octanol–water partition coefficient (Wildman–Crippen LogP) is 2.77. The Balaban J connectivity index is 1.60. The van der Waals surface area contributed by atoms with E-state index >= 15 is 0 Å². The minimum absolute atomic E-state index is 0.0497. The number of carbonyl (C=O) groups is 1. The number of thiazole rings is 1. The van der Waals surface area contributed by atoms with Crippen LogP contribution in [0.2, 0.25) is 0 Å². The summed E-state index contributed by atoms with van der Waals surface area (Å²) in [6.45, 7) is 2.21. The van der Waals surface area contributed by atoms with Gasteiger partial charge in [-0.2, -0.15) is 0 Å². The van der Waals surface area contributed by atoms with Crippen LogP contribution in [0.4, 0.5) is 0 Å². The number of para-hydroxylation sites is 1. The number of nitrogens with zero attached hydrogens (tertiary/aromatic N) is 2. The fourth-order valence-corrected chi connectivity index (χ4v) is 4.42. The molecule has 2 fully saturated rings. The van der Waals surface area contributed by atoms with Crippen molar-refractivity contribution in [2.45, 2.75) is 31.4 Å². The van der Waals surface area contributed by atoms with Gasteiger partial charge in [0.05, 0.1) is 36.1 Å². The van der Waals surface area contributed by atoms with Crippen LogP contribution in [0.3, 0.4) is 0 Å². The van der Waals surface area contributed by atoms with E-state index in [0.717, 1.165) is 36.3 Å². The highest BCUT2D eigenvalue weighted by Crippen LogP contribution is 2.36. The summed E-state index contributed by atoms with van der Waals surface area (Å²) >= 11 is 1.69. The van der Waals surface area contributed by atoms with Crippen LogP contribution in [0.5, 0.6) is 0 Å². The van der Waals surface area contributed by atoms with Crippen molar-refractivity contribution in [2.24, 2.45) is 0 Å². The minimum atomic E-state index is -0.460. The number of benzene rings is 1. The minimum Gasteiger partial charge on any atom is -0.376 e. The molecule has 2 atom stereocenters. The SMILES string of the molecule is O=C([C@@H]1COCCO1)N1CCCC[C@H]1c1nc2ccccc2s1. The lowest BCUT2D eigenvalue weighted by Crippen LogP contribution is -2.48. The van der Waals surface area contributed by atoms with E-state index in [2.05, 4.69) is 6.07 Å². The second kappa shape index (κ2) is 6.55. The van der Waals surface area contributed by atoms with Gasteiger partial charge in [0.2, 0.25) is 0 Å². The van der Waals surface area contributed by atoms with Crippen molar-refractivity contribution in [1.82, 2.24) is 9.88 Å². The number of ether oxygens (including phenoxy) is 2. The van der Waals surface area contributed by atoms with E-state index in [1.54, 1.807) is 11.3 Å². The van der Waals surface area contributed by atoms with Gasteiger partial charge in [0.15, 0.2) is 6.10 Å². The van der Waals surface area contributed by atoms with Crippen molar-refractivity contribution >= 4 is 27.5 Å². The third kappa shape index (κ3) is 2.98. The van der Waals surface area contributed by atoms with Gasteiger partial charge in [-0.05, 0) is 31.4 Å². The van der Waals surface area contributed by atoms with Crippen molar-refractivity contribution in [3.63, 3.8) is 0 Å². The zero-order valence-electron chi connectivity index (χ0n) is 12.9. The molecule has 0 unspecified atom stereocenters. The van der Waals surface area contributed by atoms with Crippen molar-refractivity contribution in [3.05, 3.63) is 29.3 Å². The molecule has 2 aliphatic rings. The molecule has 0 bridgehead atoms. The van der Waals surface area contributed by atoms with Crippen molar-refractivity contribution in [3.8, 4) is 0 Å². The molecule has 0 N–H and O–H groups in total. The Kier molecular flexibility index (Phi) is 4.29. The number of piperidine rings is 1. The molecule has 2 aliphatic heterocycles. The van der Waals surface area contributed by atoms with Crippen LogP contribution in [0.1, 0.15) is 30.3 Å². The molecule has 3 heterocycles. The standard InChI is InChI=1S/C17H20N2O3S/c20-17(14-11-21-9-10-22-14)19-8-4-3-6-13(19)16-18-12-5-1-2-7-15(12)23-16/h1-2,5,7,13-14H,3-4,6,8-11H2/t13-,14-/m0/s1. The number of amides is 1. The smallest absolute Gasteiger partial charge is 0.254 e. The lowest BCUT2D eigenvalue weighted by Gasteiger charge is -2.37. The highest BCUT2D eigenvalue weighted by atomic mass is 32.1. The molecule has 0 spiro atoms. The van der Waals surface area contributed by atoms with E-state index in [9.17, 15) is 4.79 Å². The van der Waals surface area contributed by atoms with Gasteiger partial charge in [-0.25, -0.2) is 4.98 Å². The van der Waals surface area contributed by atoms with Gasteiger partial charge in [-0.1, -0.05) is 12.1 Å². The van der Waals surface area contributed by atoms with Crippen LogP contribution in [-0.4, -0.2) is 48.3 Å². The van der Waals surface area contributed by atoms with Crippen LogP contribution in [0.25, 0.3) is 10.2 Å². The monoisotopic (exact) mass is 332 g/mol. The third-order valence-electron chi connectivity index (χ3n) is 4.47. The predicted molar refractivity (Wildman–Crippen MR) is 88.5 cm³/mol. The first-order valence-electron chi connectivity index (χ1n) is 8.18. The van der Waals surface area contributed by atoms with Crippen LogP contribution >= 0.6 is 11.3 Å². The van der Waals surface area contributed by atoms with Gasteiger partial charge >= 0.3 is 0 Å². The van der Waals surface area contributed by atoms with Crippen LogP contribution in [0.15, 0.2) is 24.3 Å². The zero-order chi connectivity index (χ0) is 15.6. The normalized spacial score (nSPS) is 25.7. The Morgan fingerprint density at radius 3 is 3.00 bits per heavy atom. The molecule has 2 aromatic rings. The average Bonchev–Trinajstić information content (AvgIpc) is 3.06. The highest BCUT2D eigenvalue weighted by Gasteiger charge is 2.35. The van der Waals surface area contributed by atoms with Gasteiger partial charge < -0.3 is 14.4 Å². The second-order valence-electron chi connectivity index (χ2n) is 6.00. The van der Waals surface area contributed by atoms with E-state index in [1.165, 1.54) is 4.70 Å². The van der Waals surface area contributed by atoms with E-state index < -0.39 is 6.10 Å². The molecule has 122 valence electrons. The Labute approximate surface area is 139 Å². The fourth-order valence-electron chi connectivity index (χ4n) is 3.30. The number of fused-ring (bicyclic) bond motifs is 1. The third-order valence-corrected chi connectivity index (χ3v) is 5.61. The number of carbonyl (C=O) groups excluding carboxylic acids is 1. The summed E-state index contributed by atoms with van der Waals surface area (Å²) in [4.78, 5) is 19.6. The number of likely N-dealkylation sites (tertiary alicyclic amines) is 1. The summed E-state index contributed by atoms with van der Waals surface area (Å²) in [5.74, 6) is 0.0497. The lowest BCUT2D eigenvalue weighted by molar-refractivity contribution is -0.161. The number of rotatable bonds is 2. The topological polar surface area (TPSA) is 51.7 Å². The highest BCUT2D eigenvalue weighted by molar-refractivity contribution is 7.18. The molecule has 4 rings (SSSR count). The van der Waals surface area contributed by atoms with Gasteiger partial charge in [0.25, 0.3) is 5.91 Å². The molecule has 2 saturated heterocycles. The second-order valence-corrected chi connectivity index (χ2v) is 7.06. The molecule has 1 aromatic heterocycles. The van der Waals surface area contributed by atoms with E-state index in [1.807, 2.05) is 23.1 Å². The Bertz CT molecular complexity index is 663. The Morgan fingerprint density at radius 2 is 2.17 bits per heavy atom. The largest absolute Gasteiger partial charge is 0.376 e. The molecule has 6 heteroatoms. The fraction of sp³-hybridized carbons (Fsp3) is 0.529. The maximum Gasteiger partial charge on any atom is 0.254 e. The molecular formula is C17H20N2O3S. The van der Waals surface area contributed by atoms with Crippen LogP contribution in [-0.2, 0) is 14.3 Å². The van der Waals surface area contributed by atoms with E-state index in [-0.39, 0.29) is 11.9 Å². The number of hydrogen-bond donors (Lipinski definition) is 0. The lowest BCUT2D eigenvalue weighted by atomic mass is 10.0. The molecule has 1 aromatic carbocycles. The molecule has 0 saturated carbocycles. The molecular weight excluding hydrogens is 312 g/mol. The zero-order valence-corrected chi connectivity index (χ0v) is 13.8. The molecule has 5 nitrogen and oxygen atoms in total. The maximum atomic E-state index is 12.8. The van der Waals surface area contributed by atoms with Crippen LogP contribution < -0.4 is 0 Å². The summed E-state index contributed by atoms with van der Waals surface area (Å²) in [7, 11) is 0. The van der Waals surface area contributed by atoms with Crippen molar-refractivity contribution in [1.29, 1.82) is 0 Å². The van der Waals surface area contributed by atoms with E-state index in [0.29, 0.717) is 19.8 Å². The summed E-state index contributed by atoms with van der Waals surface area (Å²) in [6.07, 6.45) is 2.69. The maximum absolute atomic E-state index is 12.8. The van der Waals surface area contributed by atoms with E-state index in [4.69, 9.17) is 14.5 Å². The summed E-state index contributed by atoms with van der Waals surface area (Å²) in [6, 6.07) is 8.22. The first kappa shape index (κ1) is 15.1. The molecule has 0 aliphatic carbocycles. The van der Waals surface area contributed by atoms with Gasteiger partial charge in [0, 0.05) is 6.54 Å². The Hall–Kier alpha value is -1.50. The number of hydrogen-bond acceptors (Lipinski definition) is 5.